The molecule has 0 aliphatic heterocycles. The lowest BCUT2D eigenvalue weighted by atomic mass is 9.80. The minimum atomic E-state index is -0.722. The molecule has 0 aromatic heterocycles. The summed E-state index contributed by atoms with van der Waals surface area (Å²) in [6.07, 6.45) is 3.27. The number of halogens is 1. The van der Waals surface area contributed by atoms with Gasteiger partial charge >= 0.3 is 6.03 Å². The molecule has 0 saturated heterocycles. The fourth-order valence-corrected chi connectivity index (χ4v) is 2.74. The van der Waals surface area contributed by atoms with Crippen molar-refractivity contribution in [2.45, 2.75) is 57.7 Å². The number of rotatable bonds is 6. The zero-order valence-electron chi connectivity index (χ0n) is 13.2. The molecule has 122 valence electrons. The number of hydrogen-bond acceptors (Lipinski definition) is 2. The molecule has 3 unspecified atom stereocenters. The van der Waals surface area contributed by atoms with Gasteiger partial charge in [-0.15, -0.1) is 0 Å². The van der Waals surface area contributed by atoms with Crippen LogP contribution in [0.3, 0.4) is 0 Å². The maximum atomic E-state index is 12.9. The first-order valence-electron chi connectivity index (χ1n) is 7.96. The van der Waals surface area contributed by atoms with Crippen LogP contribution in [-0.2, 0) is 0 Å². The maximum absolute atomic E-state index is 12.9. The van der Waals surface area contributed by atoms with Crippen LogP contribution >= 0.6 is 0 Å². The number of carbonyl (C=O) groups excluding carboxylic acids is 1. The van der Waals surface area contributed by atoms with Crippen molar-refractivity contribution in [3.8, 4) is 0 Å². The van der Waals surface area contributed by atoms with E-state index >= 15 is 0 Å². The molecule has 1 saturated carbocycles. The van der Waals surface area contributed by atoms with E-state index in [9.17, 15) is 14.3 Å². The van der Waals surface area contributed by atoms with E-state index in [1.165, 1.54) is 31.4 Å². The number of amides is 2. The lowest BCUT2D eigenvalue weighted by Gasteiger charge is -2.32. The van der Waals surface area contributed by atoms with Crippen LogP contribution in [0.25, 0.3) is 0 Å². The number of aliphatic hydroxyl groups is 1. The first-order valence-corrected chi connectivity index (χ1v) is 7.96. The minimum absolute atomic E-state index is 0.173. The second-order valence-electron chi connectivity index (χ2n) is 6.30. The Labute approximate surface area is 131 Å². The quantitative estimate of drug-likeness (QED) is 0.756. The largest absolute Gasteiger partial charge is 0.388 e. The van der Waals surface area contributed by atoms with Gasteiger partial charge in [-0.25, -0.2) is 9.18 Å². The van der Waals surface area contributed by atoms with E-state index in [0.717, 1.165) is 0 Å². The third kappa shape index (κ3) is 4.70. The Hall–Kier alpha value is -1.62. The molecule has 5 heteroatoms. The van der Waals surface area contributed by atoms with Crippen molar-refractivity contribution in [2.75, 3.05) is 0 Å². The highest BCUT2D eigenvalue weighted by Crippen LogP contribution is 2.29. The van der Waals surface area contributed by atoms with E-state index < -0.39 is 6.10 Å². The lowest BCUT2D eigenvalue weighted by Crippen LogP contribution is -2.48. The van der Waals surface area contributed by atoms with E-state index in [0.29, 0.717) is 17.9 Å². The monoisotopic (exact) mass is 308 g/mol. The molecule has 2 amide bonds. The van der Waals surface area contributed by atoms with Crippen LogP contribution < -0.4 is 10.6 Å². The lowest BCUT2D eigenvalue weighted by molar-refractivity contribution is 0.153. The molecular formula is C17H25FN2O2. The van der Waals surface area contributed by atoms with Crippen LogP contribution in [0.4, 0.5) is 9.18 Å². The van der Waals surface area contributed by atoms with Crippen molar-refractivity contribution in [1.82, 2.24) is 10.6 Å². The Morgan fingerprint density at radius 3 is 2.45 bits per heavy atom. The van der Waals surface area contributed by atoms with Crippen molar-refractivity contribution in [1.29, 1.82) is 0 Å². The highest BCUT2D eigenvalue weighted by Gasteiger charge is 2.25. The molecule has 0 bridgehead atoms. The van der Waals surface area contributed by atoms with Crippen molar-refractivity contribution in [2.24, 2.45) is 5.92 Å². The van der Waals surface area contributed by atoms with Gasteiger partial charge in [0.15, 0.2) is 0 Å². The van der Waals surface area contributed by atoms with E-state index in [4.69, 9.17) is 0 Å². The van der Waals surface area contributed by atoms with Gasteiger partial charge in [-0.3, -0.25) is 0 Å². The average Bonchev–Trinajstić information content (AvgIpc) is 2.36. The normalized spacial score (nSPS) is 18.9. The van der Waals surface area contributed by atoms with E-state index in [1.807, 2.05) is 13.8 Å². The Bertz CT molecular complexity index is 488. The smallest absolute Gasteiger partial charge is 0.315 e. The standard InChI is InChI=1S/C17H25FN2O2/c1-11(10-16(21)14-6-8-15(18)9-7-14)19-17(22)20-12(2)13-4-3-5-13/h6-9,11-13,16,21H,3-5,10H2,1-2H3,(H2,19,20,22). The fourth-order valence-electron chi connectivity index (χ4n) is 2.74. The van der Waals surface area contributed by atoms with Crippen LogP contribution in [0.15, 0.2) is 24.3 Å². The maximum Gasteiger partial charge on any atom is 0.315 e. The van der Waals surface area contributed by atoms with Gasteiger partial charge in [0.25, 0.3) is 0 Å². The summed E-state index contributed by atoms with van der Waals surface area (Å²) in [4.78, 5) is 11.9. The summed E-state index contributed by atoms with van der Waals surface area (Å²) in [5.41, 5.74) is 0.651. The van der Waals surface area contributed by atoms with Gasteiger partial charge in [-0.2, -0.15) is 0 Å². The summed E-state index contributed by atoms with van der Waals surface area (Å²) in [5.74, 6) is 0.261. The highest BCUT2D eigenvalue weighted by atomic mass is 19.1. The molecular weight excluding hydrogens is 283 g/mol. The van der Waals surface area contributed by atoms with E-state index in [-0.39, 0.29) is 23.9 Å². The third-order valence-corrected chi connectivity index (χ3v) is 4.42. The molecule has 3 atom stereocenters. The fraction of sp³-hybridized carbons (Fsp3) is 0.588. The van der Waals surface area contributed by atoms with E-state index in [2.05, 4.69) is 10.6 Å². The van der Waals surface area contributed by atoms with Crippen molar-refractivity contribution in [3.63, 3.8) is 0 Å². The molecule has 0 radical (unpaired) electrons. The van der Waals surface area contributed by atoms with Gasteiger partial charge in [0, 0.05) is 12.1 Å². The molecule has 1 aliphatic rings. The number of urea groups is 1. The first-order chi connectivity index (χ1) is 10.5. The second-order valence-corrected chi connectivity index (χ2v) is 6.30. The highest BCUT2D eigenvalue weighted by molar-refractivity contribution is 5.74. The van der Waals surface area contributed by atoms with Crippen LogP contribution in [0.5, 0.6) is 0 Å². The number of aliphatic hydroxyl groups excluding tert-OH is 1. The zero-order valence-corrected chi connectivity index (χ0v) is 13.2. The summed E-state index contributed by atoms with van der Waals surface area (Å²) < 4.78 is 12.9. The average molecular weight is 308 g/mol. The van der Waals surface area contributed by atoms with Crippen molar-refractivity contribution < 1.29 is 14.3 Å². The summed E-state index contributed by atoms with van der Waals surface area (Å²) in [6.45, 7) is 3.88. The van der Waals surface area contributed by atoms with Crippen LogP contribution in [0, 0.1) is 11.7 Å². The summed E-state index contributed by atoms with van der Waals surface area (Å²) in [6, 6.07) is 5.58. The molecule has 4 nitrogen and oxygen atoms in total. The van der Waals surface area contributed by atoms with Crippen molar-refractivity contribution in [3.05, 3.63) is 35.6 Å². The molecule has 2 rings (SSSR count). The minimum Gasteiger partial charge on any atom is -0.388 e. The molecule has 22 heavy (non-hydrogen) atoms. The zero-order chi connectivity index (χ0) is 16.1. The first kappa shape index (κ1) is 16.7. The summed E-state index contributed by atoms with van der Waals surface area (Å²) in [7, 11) is 0. The Morgan fingerprint density at radius 2 is 1.91 bits per heavy atom. The SMILES string of the molecule is CC(CC(O)c1ccc(F)cc1)NC(=O)NC(C)C1CCC1. The third-order valence-electron chi connectivity index (χ3n) is 4.42. The number of nitrogens with one attached hydrogen (secondary N) is 2. The molecule has 1 fully saturated rings. The van der Waals surface area contributed by atoms with Crippen LogP contribution in [-0.4, -0.2) is 23.2 Å². The van der Waals surface area contributed by atoms with Crippen LogP contribution in [0.1, 0.15) is 51.2 Å². The van der Waals surface area contributed by atoms with Gasteiger partial charge < -0.3 is 15.7 Å². The Morgan fingerprint density at radius 1 is 1.27 bits per heavy atom. The molecule has 1 aliphatic carbocycles. The molecule has 0 spiro atoms. The predicted octanol–water partition coefficient (Wildman–Crippen LogP) is 3.13. The summed E-state index contributed by atoms with van der Waals surface area (Å²) in [5, 5.41) is 15.9. The number of hydrogen-bond donors (Lipinski definition) is 3. The number of carbonyl (C=O) groups is 1. The molecule has 1 aromatic carbocycles. The Kier molecular flexibility index (Phi) is 5.77. The van der Waals surface area contributed by atoms with Gasteiger partial charge in [-0.1, -0.05) is 18.6 Å². The van der Waals surface area contributed by atoms with Crippen molar-refractivity contribution >= 4 is 6.03 Å². The van der Waals surface area contributed by atoms with Gasteiger partial charge in [0.2, 0.25) is 0 Å². The Balaban J connectivity index is 1.75. The molecule has 0 heterocycles. The molecule has 3 N–H and O–H groups in total. The van der Waals surface area contributed by atoms with Gasteiger partial charge in [0.05, 0.1) is 6.10 Å². The topological polar surface area (TPSA) is 61.4 Å². The molecule has 1 aromatic rings. The van der Waals surface area contributed by atoms with Crippen LogP contribution in [0.2, 0.25) is 0 Å². The summed E-state index contributed by atoms with van der Waals surface area (Å²) >= 11 is 0. The second kappa shape index (κ2) is 7.58. The van der Waals surface area contributed by atoms with Gasteiger partial charge in [0.1, 0.15) is 5.82 Å². The predicted molar refractivity (Wildman–Crippen MR) is 83.9 cm³/mol. The number of benzene rings is 1. The van der Waals surface area contributed by atoms with Gasteiger partial charge in [-0.05, 0) is 56.7 Å². The van der Waals surface area contributed by atoms with E-state index in [1.54, 1.807) is 12.1 Å².